The van der Waals surface area contributed by atoms with Gasteiger partial charge in [0.2, 0.25) is 0 Å². The van der Waals surface area contributed by atoms with Gasteiger partial charge in [0.15, 0.2) is 0 Å². The predicted octanol–water partition coefficient (Wildman–Crippen LogP) is 1.15. The van der Waals surface area contributed by atoms with E-state index < -0.39 is 10.7 Å². The van der Waals surface area contributed by atoms with Gasteiger partial charge in [0, 0.05) is 25.2 Å². The number of nitrogens with two attached hydrogens (primary N) is 1. The molecule has 1 aromatic carbocycles. The smallest absolute Gasteiger partial charge is 0.315 e. The normalized spacial score (nSPS) is 15.9. The first-order valence-corrected chi connectivity index (χ1v) is 5.15. The maximum absolute atomic E-state index is 13.3. The second-order valence-corrected chi connectivity index (χ2v) is 3.72. The van der Waals surface area contributed by atoms with Gasteiger partial charge in [-0.2, -0.15) is 0 Å². The topological polar surface area (TPSA) is 81.6 Å². The van der Waals surface area contributed by atoms with Crippen LogP contribution in [-0.4, -0.2) is 31.2 Å². The molecule has 0 spiro atoms. The Bertz CT molecular complexity index is 447. The molecule has 1 heterocycles. The fourth-order valence-corrected chi connectivity index (χ4v) is 1.85. The molecule has 2 N–H and O–H groups in total. The zero-order valence-electron chi connectivity index (χ0n) is 9.06. The molecule has 1 fully saturated rings. The number of nitro benzene ring substituents is 1. The summed E-state index contributed by atoms with van der Waals surface area (Å²) in [7, 11) is 0. The molecule has 7 heteroatoms. The van der Waals surface area contributed by atoms with Crippen LogP contribution in [0.25, 0.3) is 0 Å². The molecule has 6 nitrogen and oxygen atoms in total. The molecule has 0 atom stereocenters. The lowest BCUT2D eigenvalue weighted by Crippen LogP contribution is -2.36. The first-order chi connectivity index (χ1) is 8.09. The summed E-state index contributed by atoms with van der Waals surface area (Å²) < 4.78 is 18.4. The molecule has 1 aliphatic rings. The van der Waals surface area contributed by atoms with Crippen molar-refractivity contribution in [2.75, 3.05) is 36.9 Å². The van der Waals surface area contributed by atoms with Crippen LogP contribution < -0.4 is 10.6 Å². The Balaban J connectivity index is 2.46. The molecule has 92 valence electrons. The minimum Gasteiger partial charge on any atom is -0.393 e. The molecular formula is C10H12FN3O3. The molecule has 1 aromatic rings. The highest BCUT2D eigenvalue weighted by Gasteiger charge is 2.25. The third-order valence-electron chi connectivity index (χ3n) is 2.62. The van der Waals surface area contributed by atoms with Gasteiger partial charge < -0.3 is 15.4 Å². The van der Waals surface area contributed by atoms with E-state index >= 15 is 0 Å². The Morgan fingerprint density at radius 2 is 2.06 bits per heavy atom. The Kier molecular flexibility index (Phi) is 3.10. The molecular weight excluding hydrogens is 229 g/mol. The first kappa shape index (κ1) is 11.6. The van der Waals surface area contributed by atoms with E-state index in [2.05, 4.69) is 0 Å². The highest BCUT2D eigenvalue weighted by Crippen LogP contribution is 2.35. The SMILES string of the molecule is Nc1cc(F)cc(N2CCOCC2)c1[N+](=O)[O-]. The average Bonchev–Trinajstić information content (AvgIpc) is 2.28. The van der Waals surface area contributed by atoms with Gasteiger partial charge in [-0.15, -0.1) is 0 Å². The second-order valence-electron chi connectivity index (χ2n) is 3.72. The van der Waals surface area contributed by atoms with Crippen LogP contribution in [0.2, 0.25) is 0 Å². The predicted molar refractivity (Wildman–Crippen MR) is 60.5 cm³/mol. The average molecular weight is 241 g/mol. The summed E-state index contributed by atoms with van der Waals surface area (Å²) in [5.74, 6) is -0.574. The van der Waals surface area contributed by atoms with E-state index in [1.807, 2.05) is 0 Å². The van der Waals surface area contributed by atoms with Crippen LogP contribution in [0.1, 0.15) is 0 Å². The zero-order valence-corrected chi connectivity index (χ0v) is 9.06. The summed E-state index contributed by atoms with van der Waals surface area (Å²) in [6.07, 6.45) is 0. The van der Waals surface area contributed by atoms with Crippen LogP contribution in [0.5, 0.6) is 0 Å². The van der Waals surface area contributed by atoms with Crippen LogP contribution >= 0.6 is 0 Å². The summed E-state index contributed by atoms with van der Waals surface area (Å²) in [6.45, 7) is 1.91. The number of anilines is 2. The molecule has 0 radical (unpaired) electrons. The number of halogens is 1. The highest BCUT2D eigenvalue weighted by molar-refractivity contribution is 5.75. The van der Waals surface area contributed by atoms with Gasteiger partial charge in [-0.3, -0.25) is 10.1 Å². The standard InChI is InChI=1S/C10H12FN3O3/c11-7-5-8(12)10(14(15)16)9(6-7)13-1-3-17-4-2-13/h5-6H,1-4,12H2. The number of rotatable bonds is 2. The quantitative estimate of drug-likeness (QED) is 0.477. The monoisotopic (exact) mass is 241 g/mol. The van der Waals surface area contributed by atoms with Gasteiger partial charge >= 0.3 is 5.69 Å². The molecule has 1 aliphatic heterocycles. The molecule has 0 unspecified atom stereocenters. The van der Waals surface area contributed by atoms with Gasteiger partial charge in [-0.05, 0) is 0 Å². The molecule has 2 rings (SSSR count). The largest absolute Gasteiger partial charge is 0.393 e. The van der Waals surface area contributed by atoms with E-state index in [0.29, 0.717) is 26.3 Å². The van der Waals surface area contributed by atoms with Crippen LogP contribution in [-0.2, 0) is 4.74 Å². The van der Waals surface area contributed by atoms with Crippen molar-refractivity contribution in [1.82, 2.24) is 0 Å². The van der Waals surface area contributed by atoms with Gasteiger partial charge in [0.05, 0.1) is 18.1 Å². The van der Waals surface area contributed by atoms with Crippen LogP contribution in [0.3, 0.4) is 0 Å². The van der Waals surface area contributed by atoms with E-state index in [1.54, 1.807) is 4.90 Å². The minimum absolute atomic E-state index is 0.156. The van der Waals surface area contributed by atoms with Crippen molar-refractivity contribution in [3.05, 3.63) is 28.1 Å². The minimum atomic E-state index is -0.584. The van der Waals surface area contributed by atoms with E-state index in [9.17, 15) is 14.5 Å². The number of morpholine rings is 1. The van der Waals surface area contributed by atoms with E-state index in [-0.39, 0.29) is 17.1 Å². The van der Waals surface area contributed by atoms with Crippen molar-refractivity contribution in [3.8, 4) is 0 Å². The van der Waals surface area contributed by atoms with Crippen molar-refractivity contribution in [3.63, 3.8) is 0 Å². The fourth-order valence-electron chi connectivity index (χ4n) is 1.85. The first-order valence-electron chi connectivity index (χ1n) is 5.15. The molecule has 0 bridgehead atoms. The molecule has 0 aliphatic carbocycles. The van der Waals surface area contributed by atoms with Crippen LogP contribution in [0.15, 0.2) is 12.1 Å². The van der Waals surface area contributed by atoms with E-state index in [1.165, 1.54) is 0 Å². The molecule has 0 saturated carbocycles. The molecule has 0 aromatic heterocycles. The number of ether oxygens (including phenoxy) is 1. The van der Waals surface area contributed by atoms with Crippen LogP contribution in [0, 0.1) is 15.9 Å². The maximum Gasteiger partial charge on any atom is 0.315 e. The van der Waals surface area contributed by atoms with Crippen molar-refractivity contribution < 1.29 is 14.1 Å². The van der Waals surface area contributed by atoms with Crippen molar-refractivity contribution in [2.45, 2.75) is 0 Å². The fraction of sp³-hybridized carbons (Fsp3) is 0.400. The Morgan fingerprint density at radius 3 is 2.65 bits per heavy atom. The number of benzene rings is 1. The van der Waals surface area contributed by atoms with E-state index in [4.69, 9.17) is 10.5 Å². The maximum atomic E-state index is 13.3. The lowest BCUT2D eigenvalue weighted by molar-refractivity contribution is -0.383. The molecule has 1 saturated heterocycles. The third kappa shape index (κ3) is 2.28. The molecule has 0 amide bonds. The number of hydrogen-bond acceptors (Lipinski definition) is 5. The lowest BCUT2D eigenvalue weighted by Gasteiger charge is -2.28. The Labute approximate surface area is 96.9 Å². The summed E-state index contributed by atoms with van der Waals surface area (Å²) in [5.41, 5.74) is 5.31. The summed E-state index contributed by atoms with van der Waals surface area (Å²) in [5, 5.41) is 10.9. The van der Waals surface area contributed by atoms with Crippen LogP contribution in [0.4, 0.5) is 21.5 Å². The Hall–Kier alpha value is -1.89. The molecule has 17 heavy (non-hydrogen) atoms. The Morgan fingerprint density at radius 1 is 1.41 bits per heavy atom. The highest BCUT2D eigenvalue weighted by atomic mass is 19.1. The lowest BCUT2D eigenvalue weighted by atomic mass is 10.2. The number of hydrogen-bond donors (Lipinski definition) is 1. The number of nitrogens with zero attached hydrogens (tertiary/aromatic N) is 2. The summed E-state index contributed by atoms with van der Waals surface area (Å²) in [4.78, 5) is 12.1. The van der Waals surface area contributed by atoms with Crippen molar-refractivity contribution >= 4 is 17.1 Å². The second kappa shape index (κ2) is 4.54. The van der Waals surface area contributed by atoms with Gasteiger partial charge in [0.1, 0.15) is 17.2 Å². The number of nitrogen functional groups attached to an aromatic ring is 1. The van der Waals surface area contributed by atoms with Gasteiger partial charge in [-0.25, -0.2) is 4.39 Å². The van der Waals surface area contributed by atoms with Crippen molar-refractivity contribution in [2.24, 2.45) is 0 Å². The van der Waals surface area contributed by atoms with Gasteiger partial charge in [-0.1, -0.05) is 0 Å². The number of nitro groups is 1. The van der Waals surface area contributed by atoms with Crippen molar-refractivity contribution in [1.29, 1.82) is 0 Å². The summed E-state index contributed by atoms with van der Waals surface area (Å²) >= 11 is 0. The summed E-state index contributed by atoms with van der Waals surface area (Å²) in [6, 6.07) is 2.10. The van der Waals surface area contributed by atoms with Gasteiger partial charge in [0.25, 0.3) is 0 Å². The zero-order chi connectivity index (χ0) is 12.4. The van der Waals surface area contributed by atoms with E-state index in [0.717, 1.165) is 12.1 Å². The third-order valence-corrected chi connectivity index (χ3v) is 2.62.